The van der Waals surface area contributed by atoms with Crippen LogP contribution in [0.1, 0.15) is 116 Å². The summed E-state index contributed by atoms with van der Waals surface area (Å²) in [4.78, 5) is 24.4. The lowest BCUT2D eigenvalue weighted by Crippen LogP contribution is -2.28. The van der Waals surface area contributed by atoms with Gasteiger partial charge in [-0.3, -0.25) is 9.59 Å². The highest BCUT2D eigenvalue weighted by atomic mass is 16.5. The summed E-state index contributed by atoms with van der Waals surface area (Å²) in [5.74, 6) is -0.506. The van der Waals surface area contributed by atoms with Gasteiger partial charge in [0.2, 0.25) is 0 Å². The van der Waals surface area contributed by atoms with Crippen LogP contribution in [0.3, 0.4) is 0 Å². The van der Waals surface area contributed by atoms with Crippen molar-refractivity contribution in [2.24, 2.45) is 10.2 Å². The Morgan fingerprint density at radius 2 is 0.860 bits per heavy atom. The number of phenols is 2. The van der Waals surface area contributed by atoms with Gasteiger partial charge in [0, 0.05) is 22.3 Å². The Balaban J connectivity index is 1.97. The SMILES string of the molecule is CC(C)(C)c1cc(/C=N\NC(=O)COCC(=O)N/N=C\c2cc(C(C)(C)C)c(O)c(C(C)(C)C)c2)cc(C(C)(C)C)c1O. The number of hydrogen-bond donors (Lipinski definition) is 4. The first-order chi connectivity index (χ1) is 19.5. The van der Waals surface area contributed by atoms with E-state index in [4.69, 9.17) is 4.74 Å². The van der Waals surface area contributed by atoms with Crippen LogP contribution in [0.25, 0.3) is 0 Å². The predicted octanol–water partition coefficient (Wildman–Crippen LogP) is 5.90. The number of nitrogens with zero attached hydrogens (tertiary/aromatic N) is 2. The van der Waals surface area contributed by atoms with E-state index in [1.807, 2.05) is 107 Å². The van der Waals surface area contributed by atoms with Crippen LogP contribution in [0.5, 0.6) is 11.5 Å². The molecule has 0 aliphatic heterocycles. The Morgan fingerprint density at radius 1 is 0.605 bits per heavy atom. The molecule has 0 aliphatic rings. The summed E-state index contributed by atoms with van der Waals surface area (Å²) in [6.07, 6.45) is 3.03. The largest absolute Gasteiger partial charge is 0.507 e. The van der Waals surface area contributed by atoms with Gasteiger partial charge in [-0.15, -0.1) is 0 Å². The molecular formula is C34H50N4O5. The van der Waals surface area contributed by atoms with Crippen LogP contribution in [-0.4, -0.2) is 47.7 Å². The minimum atomic E-state index is -0.521. The van der Waals surface area contributed by atoms with Crippen LogP contribution in [0.2, 0.25) is 0 Å². The van der Waals surface area contributed by atoms with Gasteiger partial charge in [-0.2, -0.15) is 10.2 Å². The van der Waals surface area contributed by atoms with Gasteiger partial charge in [0.1, 0.15) is 24.7 Å². The first kappa shape index (κ1) is 35.5. The van der Waals surface area contributed by atoms with E-state index in [9.17, 15) is 19.8 Å². The van der Waals surface area contributed by atoms with E-state index in [-0.39, 0.29) is 46.4 Å². The number of carbonyl (C=O) groups is 2. The first-order valence-electron chi connectivity index (χ1n) is 14.5. The van der Waals surface area contributed by atoms with Crippen LogP contribution in [0.4, 0.5) is 0 Å². The number of rotatable bonds is 8. The Labute approximate surface area is 256 Å². The summed E-state index contributed by atoms with van der Waals surface area (Å²) < 4.78 is 5.21. The molecule has 0 spiro atoms. The summed E-state index contributed by atoms with van der Waals surface area (Å²) in [7, 11) is 0. The van der Waals surface area contributed by atoms with Crippen LogP contribution in [0, 0.1) is 0 Å². The standard InChI is InChI=1S/C34H50N4O5/c1-31(2,3)23-13-21(14-24(29(23)41)32(4,5)6)17-35-37-27(39)19-43-20-28(40)38-36-18-22-15-25(33(7,8)9)30(42)26(16-22)34(10,11)12/h13-18,41-42H,19-20H2,1-12H3,(H,37,39)(H,38,40)/b35-17-,36-18-. The summed E-state index contributed by atoms with van der Waals surface area (Å²) in [5.41, 5.74) is 8.30. The molecule has 0 bridgehead atoms. The molecule has 0 heterocycles. The highest BCUT2D eigenvalue weighted by Crippen LogP contribution is 2.40. The predicted molar refractivity (Wildman–Crippen MR) is 173 cm³/mol. The fourth-order valence-electron chi connectivity index (χ4n) is 4.41. The van der Waals surface area contributed by atoms with Gasteiger partial charge >= 0.3 is 0 Å². The van der Waals surface area contributed by atoms with Crippen molar-refractivity contribution in [2.45, 2.75) is 105 Å². The van der Waals surface area contributed by atoms with Crippen molar-refractivity contribution >= 4 is 24.2 Å². The Morgan fingerprint density at radius 3 is 1.09 bits per heavy atom. The van der Waals surface area contributed by atoms with E-state index in [0.717, 1.165) is 33.4 Å². The molecule has 0 aromatic heterocycles. The van der Waals surface area contributed by atoms with Gasteiger partial charge in [0.25, 0.3) is 11.8 Å². The number of aromatic hydroxyl groups is 2. The van der Waals surface area contributed by atoms with Crippen molar-refractivity contribution in [3.05, 3.63) is 57.6 Å². The molecule has 9 heteroatoms. The van der Waals surface area contributed by atoms with E-state index in [1.54, 1.807) is 0 Å². The van der Waals surface area contributed by atoms with Gasteiger partial charge in [0.05, 0.1) is 12.4 Å². The molecule has 9 nitrogen and oxygen atoms in total. The highest BCUT2D eigenvalue weighted by molar-refractivity contribution is 5.85. The average molecular weight is 595 g/mol. The smallest absolute Gasteiger partial charge is 0.266 e. The number of hydrogen-bond acceptors (Lipinski definition) is 7. The summed E-state index contributed by atoms with van der Waals surface area (Å²) in [6.45, 7) is 23.5. The fourth-order valence-corrected chi connectivity index (χ4v) is 4.41. The average Bonchev–Trinajstić information content (AvgIpc) is 2.82. The van der Waals surface area contributed by atoms with Gasteiger partial charge in [-0.25, -0.2) is 10.9 Å². The highest BCUT2D eigenvalue weighted by Gasteiger charge is 2.27. The second kappa shape index (κ2) is 13.3. The number of benzene rings is 2. The van der Waals surface area contributed by atoms with Crippen LogP contribution >= 0.6 is 0 Å². The molecule has 4 N–H and O–H groups in total. The van der Waals surface area contributed by atoms with Crippen molar-refractivity contribution in [3.8, 4) is 11.5 Å². The van der Waals surface area contributed by atoms with E-state index in [2.05, 4.69) is 21.1 Å². The summed E-state index contributed by atoms with van der Waals surface area (Å²) in [5, 5.41) is 29.8. The zero-order valence-electron chi connectivity index (χ0n) is 27.9. The third-order valence-electron chi connectivity index (χ3n) is 6.77. The molecule has 0 saturated carbocycles. The maximum Gasteiger partial charge on any atom is 0.266 e. The number of hydrazone groups is 2. The molecule has 0 atom stereocenters. The maximum atomic E-state index is 12.2. The molecule has 0 aliphatic carbocycles. The molecule has 43 heavy (non-hydrogen) atoms. The van der Waals surface area contributed by atoms with E-state index >= 15 is 0 Å². The zero-order chi connectivity index (χ0) is 33.0. The number of ether oxygens (including phenoxy) is 1. The fraction of sp³-hybridized carbons (Fsp3) is 0.529. The topological polar surface area (TPSA) is 133 Å². The second-order valence-corrected chi connectivity index (χ2v) is 15.0. The van der Waals surface area contributed by atoms with E-state index in [1.165, 1.54) is 12.4 Å². The molecule has 2 aromatic rings. The molecule has 0 radical (unpaired) electrons. The number of phenolic OH excluding ortho intramolecular Hbond substituents is 2. The van der Waals surface area contributed by atoms with Crippen molar-refractivity contribution in [1.29, 1.82) is 0 Å². The van der Waals surface area contributed by atoms with Crippen molar-refractivity contribution in [2.75, 3.05) is 13.2 Å². The van der Waals surface area contributed by atoms with Gasteiger partial charge in [0.15, 0.2) is 0 Å². The Kier molecular flexibility index (Phi) is 11.0. The lowest BCUT2D eigenvalue weighted by Gasteiger charge is -2.27. The third-order valence-corrected chi connectivity index (χ3v) is 6.77. The van der Waals surface area contributed by atoms with Gasteiger partial charge in [-0.05, 0) is 57.1 Å². The van der Waals surface area contributed by atoms with Crippen molar-refractivity contribution in [3.63, 3.8) is 0 Å². The summed E-state index contributed by atoms with van der Waals surface area (Å²) >= 11 is 0. The van der Waals surface area contributed by atoms with Crippen LogP contribution in [-0.2, 0) is 36.0 Å². The molecule has 0 saturated heterocycles. The minimum Gasteiger partial charge on any atom is -0.507 e. The van der Waals surface area contributed by atoms with E-state index in [0.29, 0.717) is 0 Å². The zero-order valence-corrected chi connectivity index (χ0v) is 27.9. The van der Waals surface area contributed by atoms with Crippen molar-refractivity contribution < 1.29 is 24.5 Å². The van der Waals surface area contributed by atoms with Gasteiger partial charge < -0.3 is 14.9 Å². The number of amides is 2. The Bertz CT molecular complexity index is 1210. The lowest BCUT2D eigenvalue weighted by atomic mass is 9.78. The maximum absolute atomic E-state index is 12.2. The van der Waals surface area contributed by atoms with E-state index < -0.39 is 11.8 Å². The number of carbonyl (C=O) groups excluding carboxylic acids is 2. The molecule has 2 amide bonds. The number of nitrogens with one attached hydrogen (secondary N) is 2. The van der Waals surface area contributed by atoms with Crippen molar-refractivity contribution in [1.82, 2.24) is 10.9 Å². The molecule has 2 aromatic carbocycles. The molecule has 0 unspecified atom stereocenters. The summed E-state index contributed by atoms with van der Waals surface area (Å²) in [6, 6.07) is 7.42. The Hall–Kier alpha value is -3.72. The molecule has 0 fully saturated rings. The van der Waals surface area contributed by atoms with Crippen LogP contribution in [0.15, 0.2) is 34.5 Å². The third kappa shape index (κ3) is 10.2. The van der Waals surface area contributed by atoms with Gasteiger partial charge in [-0.1, -0.05) is 83.1 Å². The lowest BCUT2D eigenvalue weighted by molar-refractivity contribution is -0.130. The van der Waals surface area contributed by atoms with Crippen LogP contribution < -0.4 is 10.9 Å². The quantitative estimate of drug-likeness (QED) is 0.223. The first-order valence-corrected chi connectivity index (χ1v) is 14.5. The molecule has 2 rings (SSSR count). The molecule has 236 valence electrons. The normalized spacial score (nSPS) is 13.1. The minimum absolute atomic E-state index is 0.268. The second-order valence-electron chi connectivity index (χ2n) is 15.0. The molecular weight excluding hydrogens is 544 g/mol. The monoisotopic (exact) mass is 594 g/mol.